The summed E-state index contributed by atoms with van der Waals surface area (Å²) in [5.41, 5.74) is 0. The van der Waals surface area contributed by atoms with E-state index in [1.54, 1.807) is 0 Å². The lowest BCUT2D eigenvalue weighted by Gasteiger charge is -2.15. The van der Waals surface area contributed by atoms with E-state index in [1.165, 1.54) is 0 Å². The third-order valence-corrected chi connectivity index (χ3v) is 2.66. The molecule has 4 heteroatoms. The fraction of sp³-hybridized carbons (Fsp3) is 0.727. The molecular formula is C11H21N3O. The molecule has 0 amide bonds. The Kier molecular flexibility index (Phi) is 5.36. The van der Waals surface area contributed by atoms with Crippen molar-refractivity contribution in [2.24, 2.45) is 0 Å². The summed E-state index contributed by atoms with van der Waals surface area (Å²) in [4.78, 5) is 4.29. The first kappa shape index (κ1) is 12.2. The summed E-state index contributed by atoms with van der Waals surface area (Å²) in [6.45, 7) is 6.21. The van der Waals surface area contributed by atoms with Gasteiger partial charge in [0.2, 0.25) is 0 Å². The minimum Gasteiger partial charge on any atom is -0.396 e. The zero-order valence-electron chi connectivity index (χ0n) is 9.61. The van der Waals surface area contributed by atoms with Gasteiger partial charge in [0.05, 0.1) is 6.54 Å². The van der Waals surface area contributed by atoms with Gasteiger partial charge in [-0.2, -0.15) is 0 Å². The fourth-order valence-corrected chi connectivity index (χ4v) is 1.64. The van der Waals surface area contributed by atoms with Gasteiger partial charge < -0.3 is 15.0 Å². The summed E-state index contributed by atoms with van der Waals surface area (Å²) in [6.07, 6.45) is 5.66. The molecule has 4 nitrogen and oxygen atoms in total. The van der Waals surface area contributed by atoms with E-state index in [9.17, 15) is 0 Å². The third-order valence-electron chi connectivity index (χ3n) is 2.66. The molecule has 0 aliphatic carbocycles. The van der Waals surface area contributed by atoms with Crippen LogP contribution in [0.1, 0.15) is 32.5 Å². The van der Waals surface area contributed by atoms with E-state index < -0.39 is 0 Å². The van der Waals surface area contributed by atoms with Crippen LogP contribution in [-0.4, -0.2) is 27.3 Å². The summed E-state index contributed by atoms with van der Waals surface area (Å²) in [5.74, 6) is 1.06. The Morgan fingerprint density at radius 3 is 2.93 bits per heavy atom. The number of nitrogens with zero attached hydrogens (tertiary/aromatic N) is 2. The largest absolute Gasteiger partial charge is 0.396 e. The SMILES string of the molecule is CCC(CCO)NCc1nccn1CC. The molecule has 0 fully saturated rings. The second kappa shape index (κ2) is 6.58. The van der Waals surface area contributed by atoms with Gasteiger partial charge in [0.1, 0.15) is 5.82 Å². The highest BCUT2D eigenvalue weighted by molar-refractivity contribution is 4.92. The first-order valence-electron chi connectivity index (χ1n) is 5.66. The molecule has 0 saturated carbocycles. The van der Waals surface area contributed by atoms with Crippen molar-refractivity contribution in [1.82, 2.24) is 14.9 Å². The quantitative estimate of drug-likeness (QED) is 0.711. The van der Waals surface area contributed by atoms with Crippen molar-refractivity contribution >= 4 is 0 Å². The van der Waals surface area contributed by atoms with Gasteiger partial charge in [-0.3, -0.25) is 0 Å². The van der Waals surface area contributed by atoms with Gasteiger partial charge >= 0.3 is 0 Å². The minimum absolute atomic E-state index is 0.244. The first-order chi connectivity index (χ1) is 7.31. The Labute approximate surface area is 91.3 Å². The van der Waals surface area contributed by atoms with Crippen LogP contribution in [0.15, 0.2) is 12.4 Å². The van der Waals surface area contributed by atoms with Crippen LogP contribution < -0.4 is 5.32 Å². The van der Waals surface area contributed by atoms with Gasteiger partial charge in [0.25, 0.3) is 0 Å². The van der Waals surface area contributed by atoms with Crippen LogP contribution in [0, 0.1) is 0 Å². The summed E-state index contributed by atoms with van der Waals surface area (Å²) in [6, 6.07) is 0.386. The summed E-state index contributed by atoms with van der Waals surface area (Å²) in [5, 5.41) is 12.3. The zero-order valence-corrected chi connectivity index (χ0v) is 9.61. The normalized spacial score (nSPS) is 13.0. The summed E-state index contributed by atoms with van der Waals surface area (Å²) in [7, 11) is 0. The Balaban J connectivity index is 2.41. The predicted octanol–water partition coefficient (Wildman–Crippen LogP) is 1.15. The highest BCUT2D eigenvalue weighted by Gasteiger charge is 2.06. The van der Waals surface area contributed by atoms with Crippen LogP contribution in [0.25, 0.3) is 0 Å². The molecular weight excluding hydrogens is 190 g/mol. The second-order valence-electron chi connectivity index (χ2n) is 3.63. The van der Waals surface area contributed by atoms with Crippen LogP contribution in [0.3, 0.4) is 0 Å². The maximum Gasteiger partial charge on any atom is 0.122 e. The Bertz CT molecular complexity index is 273. The predicted molar refractivity (Wildman–Crippen MR) is 60.5 cm³/mol. The van der Waals surface area contributed by atoms with E-state index in [2.05, 4.69) is 28.7 Å². The average Bonchev–Trinajstić information content (AvgIpc) is 2.71. The van der Waals surface area contributed by atoms with E-state index in [4.69, 9.17) is 5.11 Å². The molecule has 0 saturated heterocycles. The van der Waals surface area contributed by atoms with Crippen LogP contribution in [0.4, 0.5) is 0 Å². The molecule has 0 radical (unpaired) electrons. The Morgan fingerprint density at radius 1 is 1.53 bits per heavy atom. The molecule has 15 heavy (non-hydrogen) atoms. The van der Waals surface area contributed by atoms with E-state index >= 15 is 0 Å². The highest BCUT2D eigenvalue weighted by Crippen LogP contribution is 2.01. The van der Waals surface area contributed by atoms with Gasteiger partial charge in [-0.15, -0.1) is 0 Å². The summed E-state index contributed by atoms with van der Waals surface area (Å²) < 4.78 is 2.12. The van der Waals surface area contributed by atoms with Crippen molar-refractivity contribution in [1.29, 1.82) is 0 Å². The number of nitrogens with one attached hydrogen (secondary N) is 1. The van der Waals surface area contributed by atoms with Gasteiger partial charge in [0.15, 0.2) is 0 Å². The van der Waals surface area contributed by atoms with Crippen molar-refractivity contribution in [2.75, 3.05) is 6.61 Å². The number of aliphatic hydroxyl groups excluding tert-OH is 1. The number of aromatic nitrogens is 2. The molecule has 0 aliphatic heterocycles. The number of hydrogen-bond acceptors (Lipinski definition) is 3. The van der Waals surface area contributed by atoms with Crippen LogP contribution in [0.5, 0.6) is 0 Å². The van der Waals surface area contributed by atoms with Gasteiger partial charge in [-0.25, -0.2) is 4.98 Å². The molecule has 0 bridgehead atoms. The number of aliphatic hydroxyl groups is 1. The molecule has 86 valence electrons. The van der Waals surface area contributed by atoms with E-state index in [-0.39, 0.29) is 6.61 Å². The van der Waals surface area contributed by atoms with Crippen molar-refractivity contribution in [3.8, 4) is 0 Å². The molecule has 0 spiro atoms. The molecule has 1 heterocycles. The second-order valence-corrected chi connectivity index (χ2v) is 3.63. The topological polar surface area (TPSA) is 50.1 Å². The lowest BCUT2D eigenvalue weighted by molar-refractivity contribution is 0.261. The maximum absolute atomic E-state index is 8.86. The number of hydrogen-bond donors (Lipinski definition) is 2. The van der Waals surface area contributed by atoms with Crippen molar-refractivity contribution in [3.63, 3.8) is 0 Å². The molecule has 0 aliphatic rings. The first-order valence-corrected chi connectivity index (χ1v) is 5.66. The van der Waals surface area contributed by atoms with Gasteiger partial charge in [0, 0.05) is 31.6 Å². The molecule has 1 rings (SSSR count). The van der Waals surface area contributed by atoms with Crippen LogP contribution in [0.2, 0.25) is 0 Å². The van der Waals surface area contributed by atoms with Gasteiger partial charge in [-0.05, 0) is 19.8 Å². The Hall–Kier alpha value is -0.870. The monoisotopic (exact) mass is 211 g/mol. The third kappa shape index (κ3) is 3.64. The van der Waals surface area contributed by atoms with Crippen molar-refractivity contribution < 1.29 is 5.11 Å². The smallest absolute Gasteiger partial charge is 0.122 e. The highest BCUT2D eigenvalue weighted by atomic mass is 16.3. The molecule has 2 N–H and O–H groups in total. The molecule has 1 aromatic rings. The van der Waals surface area contributed by atoms with Gasteiger partial charge in [-0.1, -0.05) is 6.92 Å². The lowest BCUT2D eigenvalue weighted by atomic mass is 10.1. The number of imidazole rings is 1. The van der Waals surface area contributed by atoms with Crippen molar-refractivity contribution in [2.45, 2.75) is 45.8 Å². The standard InChI is InChI=1S/C11H21N3O/c1-3-10(5-8-15)13-9-11-12-6-7-14(11)4-2/h6-7,10,13,15H,3-5,8-9H2,1-2H3. The van der Waals surface area contributed by atoms with E-state index in [0.29, 0.717) is 6.04 Å². The average molecular weight is 211 g/mol. The minimum atomic E-state index is 0.244. The lowest BCUT2D eigenvalue weighted by Crippen LogP contribution is -2.30. The molecule has 1 atom stereocenters. The molecule has 1 unspecified atom stereocenters. The Morgan fingerprint density at radius 2 is 2.33 bits per heavy atom. The molecule has 0 aromatic carbocycles. The zero-order chi connectivity index (χ0) is 11.1. The number of aryl methyl sites for hydroxylation is 1. The summed E-state index contributed by atoms with van der Waals surface area (Å²) >= 11 is 0. The molecule has 1 aromatic heterocycles. The van der Waals surface area contributed by atoms with Crippen LogP contribution in [-0.2, 0) is 13.1 Å². The van der Waals surface area contributed by atoms with Crippen molar-refractivity contribution in [3.05, 3.63) is 18.2 Å². The van der Waals surface area contributed by atoms with E-state index in [0.717, 1.165) is 31.8 Å². The van der Waals surface area contributed by atoms with Crippen LogP contribution >= 0.6 is 0 Å². The number of rotatable bonds is 7. The maximum atomic E-state index is 8.86. The fourth-order valence-electron chi connectivity index (χ4n) is 1.64. The van der Waals surface area contributed by atoms with E-state index in [1.807, 2.05) is 12.4 Å².